The molecule has 37 heavy (non-hydrogen) atoms. The summed E-state index contributed by atoms with van der Waals surface area (Å²) >= 11 is 0. The second-order valence-corrected chi connectivity index (χ2v) is 10.1. The van der Waals surface area contributed by atoms with Crippen LogP contribution in [0.4, 0.5) is 15.8 Å². The molecular weight excluding hydrogens is 475 g/mol. The van der Waals surface area contributed by atoms with Gasteiger partial charge in [0.25, 0.3) is 11.6 Å². The number of carbonyl (C=O) groups excluding carboxylic acids is 1. The molecule has 10 heteroatoms. The highest BCUT2D eigenvalue weighted by atomic mass is 19.1. The molecule has 3 heterocycles. The Bertz CT molecular complexity index is 1480. The van der Waals surface area contributed by atoms with Crippen LogP contribution in [0.15, 0.2) is 60.7 Å². The SMILES string of the molecule is CC(C)(C)c1cc2nc(-c3ccccc3F)cc(C(=O)N3CCN(c4ccc([N+](=O)[O-])cc4)CC3)n2n1. The van der Waals surface area contributed by atoms with E-state index in [9.17, 15) is 19.3 Å². The number of aromatic nitrogens is 3. The molecule has 0 N–H and O–H groups in total. The first-order valence-electron chi connectivity index (χ1n) is 12.1. The van der Waals surface area contributed by atoms with Crippen LogP contribution in [-0.2, 0) is 5.41 Å². The molecule has 0 unspecified atom stereocenters. The van der Waals surface area contributed by atoms with E-state index in [4.69, 9.17) is 0 Å². The lowest BCUT2D eigenvalue weighted by Crippen LogP contribution is -2.49. The Hall–Kier alpha value is -4.34. The molecule has 0 saturated carbocycles. The maximum Gasteiger partial charge on any atom is 0.272 e. The van der Waals surface area contributed by atoms with Gasteiger partial charge in [-0.1, -0.05) is 32.9 Å². The molecule has 0 atom stereocenters. The first kappa shape index (κ1) is 24.4. The Balaban J connectivity index is 1.45. The molecule has 4 aromatic rings. The summed E-state index contributed by atoms with van der Waals surface area (Å²) in [6, 6.07) is 16.2. The van der Waals surface area contributed by atoms with Crippen LogP contribution in [0.1, 0.15) is 37.0 Å². The van der Waals surface area contributed by atoms with Crippen molar-refractivity contribution in [2.45, 2.75) is 26.2 Å². The molecule has 9 nitrogen and oxygen atoms in total. The summed E-state index contributed by atoms with van der Waals surface area (Å²) in [5.41, 5.74) is 2.93. The number of nitro groups is 1. The standard InChI is InChI=1S/C27H27FN6O3/c1-27(2,3)24-17-25-29-22(20-6-4-5-7-21(20)28)16-23(33(25)30-24)26(35)32-14-12-31(13-15-32)18-8-10-19(11-9-18)34(36)37/h4-11,16-17H,12-15H2,1-3H3. The number of hydrogen-bond acceptors (Lipinski definition) is 6. The second kappa shape index (κ2) is 9.27. The summed E-state index contributed by atoms with van der Waals surface area (Å²) < 4.78 is 16.2. The van der Waals surface area contributed by atoms with Crippen molar-refractivity contribution in [2.24, 2.45) is 0 Å². The van der Waals surface area contributed by atoms with E-state index >= 15 is 0 Å². The lowest BCUT2D eigenvalue weighted by molar-refractivity contribution is -0.384. The number of carbonyl (C=O) groups is 1. The van der Waals surface area contributed by atoms with E-state index in [-0.39, 0.29) is 17.0 Å². The number of fused-ring (bicyclic) bond motifs is 1. The highest BCUT2D eigenvalue weighted by Gasteiger charge is 2.27. The molecule has 190 valence electrons. The minimum atomic E-state index is -0.425. The van der Waals surface area contributed by atoms with Crippen molar-refractivity contribution >= 4 is 22.9 Å². The largest absolute Gasteiger partial charge is 0.368 e. The zero-order chi connectivity index (χ0) is 26.3. The number of piperazine rings is 1. The Morgan fingerprint density at radius 2 is 1.68 bits per heavy atom. The smallest absolute Gasteiger partial charge is 0.272 e. The molecule has 0 radical (unpaired) electrons. The van der Waals surface area contributed by atoms with Crippen LogP contribution in [0.2, 0.25) is 0 Å². The van der Waals surface area contributed by atoms with Gasteiger partial charge >= 0.3 is 0 Å². The topological polar surface area (TPSA) is 96.9 Å². The fourth-order valence-corrected chi connectivity index (χ4v) is 4.42. The van der Waals surface area contributed by atoms with Crippen LogP contribution >= 0.6 is 0 Å². The number of nitrogens with zero attached hydrogens (tertiary/aromatic N) is 6. The molecule has 5 rings (SSSR count). The number of benzene rings is 2. The Morgan fingerprint density at radius 3 is 2.30 bits per heavy atom. The normalized spacial score (nSPS) is 14.3. The van der Waals surface area contributed by atoms with Gasteiger partial charge in [-0.05, 0) is 30.3 Å². The Morgan fingerprint density at radius 1 is 1.00 bits per heavy atom. The minimum Gasteiger partial charge on any atom is -0.368 e. The zero-order valence-corrected chi connectivity index (χ0v) is 20.9. The molecular formula is C27H27FN6O3. The molecule has 1 aliphatic heterocycles. The number of halogens is 1. The van der Waals surface area contributed by atoms with Crippen molar-refractivity contribution in [1.29, 1.82) is 0 Å². The molecule has 1 aliphatic rings. The van der Waals surface area contributed by atoms with E-state index in [1.807, 2.05) is 26.8 Å². The fourth-order valence-electron chi connectivity index (χ4n) is 4.42. The summed E-state index contributed by atoms with van der Waals surface area (Å²) in [4.78, 5) is 32.7. The van der Waals surface area contributed by atoms with Gasteiger partial charge in [0.15, 0.2) is 5.65 Å². The molecule has 1 fully saturated rings. The number of hydrogen-bond donors (Lipinski definition) is 0. The first-order chi connectivity index (χ1) is 17.6. The van der Waals surface area contributed by atoms with Crippen LogP contribution in [-0.4, -0.2) is 56.5 Å². The van der Waals surface area contributed by atoms with Gasteiger partial charge in [0.05, 0.1) is 16.3 Å². The average Bonchev–Trinajstić information content (AvgIpc) is 3.33. The zero-order valence-electron chi connectivity index (χ0n) is 20.9. The summed E-state index contributed by atoms with van der Waals surface area (Å²) in [7, 11) is 0. The van der Waals surface area contributed by atoms with Crippen molar-refractivity contribution in [2.75, 3.05) is 31.1 Å². The predicted octanol–water partition coefficient (Wildman–Crippen LogP) is 4.70. The first-order valence-corrected chi connectivity index (χ1v) is 12.1. The van der Waals surface area contributed by atoms with Crippen LogP contribution < -0.4 is 4.90 Å². The van der Waals surface area contributed by atoms with Crippen LogP contribution in [0.3, 0.4) is 0 Å². The average molecular weight is 503 g/mol. The van der Waals surface area contributed by atoms with Crippen molar-refractivity contribution in [3.8, 4) is 11.3 Å². The molecule has 0 spiro atoms. The third-order valence-corrected chi connectivity index (χ3v) is 6.56. The van der Waals surface area contributed by atoms with E-state index in [1.165, 1.54) is 18.2 Å². The van der Waals surface area contributed by atoms with E-state index in [1.54, 1.807) is 45.8 Å². The summed E-state index contributed by atoms with van der Waals surface area (Å²) in [5, 5.41) is 15.6. The lowest BCUT2D eigenvalue weighted by atomic mass is 9.93. The van der Waals surface area contributed by atoms with Gasteiger partial charge in [-0.2, -0.15) is 5.10 Å². The van der Waals surface area contributed by atoms with Crippen molar-refractivity contribution in [1.82, 2.24) is 19.5 Å². The Kier molecular flexibility index (Phi) is 6.10. The van der Waals surface area contributed by atoms with Crippen molar-refractivity contribution in [3.63, 3.8) is 0 Å². The van der Waals surface area contributed by atoms with E-state index in [0.29, 0.717) is 48.8 Å². The summed E-state index contributed by atoms with van der Waals surface area (Å²) in [5.74, 6) is -0.623. The van der Waals surface area contributed by atoms with Crippen molar-refractivity contribution in [3.05, 3.63) is 88.0 Å². The maximum atomic E-state index is 14.6. The van der Waals surface area contributed by atoms with Crippen LogP contribution in [0.5, 0.6) is 0 Å². The fraction of sp³-hybridized carbons (Fsp3) is 0.296. The monoisotopic (exact) mass is 502 g/mol. The molecule has 2 aromatic heterocycles. The van der Waals surface area contributed by atoms with Gasteiger partial charge in [0.2, 0.25) is 0 Å². The second-order valence-electron chi connectivity index (χ2n) is 10.1. The van der Waals surface area contributed by atoms with Crippen molar-refractivity contribution < 1.29 is 14.1 Å². The lowest BCUT2D eigenvalue weighted by Gasteiger charge is -2.36. The van der Waals surface area contributed by atoms with Gasteiger partial charge < -0.3 is 9.80 Å². The summed E-state index contributed by atoms with van der Waals surface area (Å²) in [6.45, 7) is 8.17. The van der Waals surface area contributed by atoms with Gasteiger partial charge in [-0.15, -0.1) is 0 Å². The minimum absolute atomic E-state index is 0.0405. The van der Waals surface area contributed by atoms with E-state index in [0.717, 1.165) is 11.4 Å². The number of anilines is 1. The number of nitro benzene ring substituents is 1. The van der Waals surface area contributed by atoms with E-state index in [2.05, 4.69) is 15.0 Å². The van der Waals surface area contributed by atoms with Crippen LogP contribution in [0, 0.1) is 15.9 Å². The third-order valence-electron chi connectivity index (χ3n) is 6.56. The quantitative estimate of drug-likeness (QED) is 0.296. The number of non-ortho nitro benzene ring substituents is 1. The van der Waals surface area contributed by atoms with Gasteiger partial charge in [0, 0.05) is 61.0 Å². The number of amides is 1. The predicted molar refractivity (Wildman–Crippen MR) is 138 cm³/mol. The third kappa shape index (κ3) is 4.74. The highest BCUT2D eigenvalue weighted by molar-refractivity contribution is 5.94. The van der Waals surface area contributed by atoms with Gasteiger partial charge in [-0.3, -0.25) is 14.9 Å². The molecule has 0 aliphatic carbocycles. The van der Waals surface area contributed by atoms with E-state index < -0.39 is 10.7 Å². The summed E-state index contributed by atoms with van der Waals surface area (Å²) in [6.07, 6.45) is 0. The molecule has 0 bridgehead atoms. The molecule has 2 aromatic carbocycles. The van der Waals surface area contributed by atoms with Gasteiger partial charge in [-0.25, -0.2) is 13.9 Å². The Labute approximate surface area is 213 Å². The molecule has 1 saturated heterocycles. The van der Waals surface area contributed by atoms with Crippen LogP contribution in [0.25, 0.3) is 16.9 Å². The highest BCUT2D eigenvalue weighted by Crippen LogP contribution is 2.27. The maximum absolute atomic E-state index is 14.6. The molecule has 1 amide bonds. The number of rotatable bonds is 4. The van der Waals surface area contributed by atoms with Gasteiger partial charge in [0.1, 0.15) is 11.5 Å².